The van der Waals surface area contributed by atoms with Crippen LogP contribution in [0.15, 0.2) is 12.1 Å². The number of carboxylic acid groups (broad SMARTS) is 1. The maximum absolute atomic E-state index is 11.0. The smallest absolute Gasteiger partial charge is 0.339 e. The highest BCUT2D eigenvalue weighted by atomic mass is 16.5. The number of ether oxygens (including phenoxy) is 2. The maximum Gasteiger partial charge on any atom is 0.339 e. The van der Waals surface area contributed by atoms with Crippen molar-refractivity contribution >= 4 is 5.97 Å². The van der Waals surface area contributed by atoms with Gasteiger partial charge in [0.1, 0.15) is 22.9 Å². The molecule has 1 aromatic carbocycles. The van der Waals surface area contributed by atoms with E-state index in [2.05, 4.69) is 0 Å². The molecule has 0 radical (unpaired) electrons. The van der Waals surface area contributed by atoms with Gasteiger partial charge in [0.05, 0.1) is 13.2 Å². The number of methoxy groups -OCH3 is 1. The van der Waals surface area contributed by atoms with Crippen LogP contribution in [0.2, 0.25) is 0 Å². The van der Waals surface area contributed by atoms with Gasteiger partial charge in [0.15, 0.2) is 5.75 Å². The molecule has 0 aliphatic carbocycles. The molecule has 0 atom stereocenters. The molecule has 0 spiro atoms. The fraction of sp³-hybridized carbons (Fsp3) is 0.333. The van der Waals surface area contributed by atoms with Gasteiger partial charge in [0.25, 0.3) is 0 Å². The van der Waals surface area contributed by atoms with Gasteiger partial charge < -0.3 is 14.6 Å². The molecule has 5 heteroatoms. The molecule has 0 amide bonds. The molecule has 5 nitrogen and oxygen atoms in total. The Balaban J connectivity index is 3.39. The Hall–Kier alpha value is -2.22. The Morgan fingerprint density at radius 2 is 2.12 bits per heavy atom. The second-order valence-corrected chi connectivity index (χ2v) is 3.60. The highest BCUT2D eigenvalue weighted by Crippen LogP contribution is 2.32. The average molecular weight is 235 g/mol. The van der Waals surface area contributed by atoms with Crippen molar-refractivity contribution in [2.75, 3.05) is 7.11 Å². The molecule has 0 aromatic heterocycles. The Morgan fingerprint density at radius 1 is 1.47 bits per heavy atom. The van der Waals surface area contributed by atoms with E-state index in [4.69, 9.17) is 19.8 Å². The van der Waals surface area contributed by atoms with Crippen molar-refractivity contribution in [3.8, 4) is 17.6 Å². The van der Waals surface area contributed by atoms with Gasteiger partial charge in [-0.2, -0.15) is 5.26 Å². The monoisotopic (exact) mass is 235 g/mol. The second kappa shape index (κ2) is 5.21. The lowest BCUT2D eigenvalue weighted by Gasteiger charge is -2.14. The summed E-state index contributed by atoms with van der Waals surface area (Å²) in [7, 11) is 1.32. The van der Waals surface area contributed by atoms with Crippen LogP contribution in [0.1, 0.15) is 29.8 Å². The van der Waals surface area contributed by atoms with E-state index in [1.807, 2.05) is 19.9 Å². The van der Waals surface area contributed by atoms with Crippen molar-refractivity contribution in [2.45, 2.75) is 20.0 Å². The zero-order valence-corrected chi connectivity index (χ0v) is 9.85. The summed E-state index contributed by atoms with van der Waals surface area (Å²) in [4.78, 5) is 11.0. The Kier molecular flexibility index (Phi) is 3.94. The van der Waals surface area contributed by atoms with E-state index in [-0.39, 0.29) is 23.0 Å². The standard InChI is InChI=1S/C12H13NO4/c1-7(2)17-10-5-4-8(12(14)15)11(16-3)9(10)6-13/h4-5,7H,1-3H3,(H,14,15). The number of aromatic carboxylic acids is 1. The molecule has 0 aliphatic rings. The first-order chi connectivity index (χ1) is 8.01. The number of rotatable bonds is 4. The van der Waals surface area contributed by atoms with Crippen LogP contribution in [0.25, 0.3) is 0 Å². The van der Waals surface area contributed by atoms with Crippen LogP contribution in [-0.4, -0.2) is 24.3 Å². The molecule has 90 valence electrons. The van der Waals surface area contributed by atoms with Crippen molar-refractivity contribution in [3.05, 3.63) is 23.3 Å². The fourth-order valence-electron chi connectivity index (χ4n) is 1.40. The highest BCUT2D eigenvalue weighted by molar-refractivity contribution is 5.92. The van der Waals surface area contributed by atoms with Crippen molar-refractivity contribution in [1.29, 1.82) is 5.26 Å². The lowest BCUT2D eigenvalue weighted by molar-refractivity contribution is 0.0693. The van der Waals surface area contributed by atoms with Gasteiger partial charge in [-0.05, 0) is 26.0 Å². The van der Waals surface area contributed by atoms with Gasteiger partial charge in [-0.1, -0.05) is 0 Å². The predicted molar refractivity (Wildman–Crippen MR) is 60.4 cm³/mol. The third kappa shape index (κ3) is 2.67. The van der Waals surface area contributed by atoms with Gasteiger partial charge in [0.2, 0.25) is 0 Å². The molecular weight excluding hydrogens is 222 g/mol. The zero-order valence-electron chi connectivity index (χ0n) is 9.85. The minimum atomic E-state index is -1.14. The van der Waals surface area contributed by atoms with Crippen LogP contribution in [0.3, 0.4) is 0 Å². The Morgan fingerprint density at radius 3 is 2.53 bits per heavy atom. The minimum absolute atomic E-state index is 0.0261. The first-order valence-corrected chi connectivity index (χ1v) is 5.02. The summed E-state index contributed by atoms with van der Waals surface area (Å²) in [5.74, 6) is -0.794. The number of nitriles is 1. The Bertz CT molecular complexity index is 474. The summed E-state index contributed by atoms with van der Waals surface area (Å²) >= 11 is 0. The average Bonchev–Trinajstić information content (AvgIpc) is 2.26. The van der Waals surface area contributed by atoms with Crippen LogP contribution in [0.5, 0.6) is 11.5 Å². The molecular formula is C12H13NO4. The molecule has 0 heterocycles. The third-order valence-electron chi connectivity index (χ3n) is 2.03. The molecule has 0 bridgehead atoms. The molecule has 0 saturated carbocycles. The van der Waals surface area contributed by atoms with Crippen LogP contribution in [-0.2, 0) is 0 Å². The van der Waals surface area contributed by atoms with E-state index in [9.17, 15) is 4.79 Å². The van der Waals surface area contributed by atoms with Crippen LogP contribution >= 0.6 is 0 Å². The molecule has 0 unspecified atom stereocenters. The van der Waals surface area contributed by atoms with Crippen LogP contribution in [0.4, 0.5) is 0 Å². The van der Waals surface area contributed by atoms with Gasteiger partial charge in [-0.15, -0.1) is 0 Å². The number of carbonyl (C=O) groups is 1. The van der Waals surface area contributed by atoms with Crippen LogP contribution in [0, 0.1) is 11.3 Å². The van der Waals surface area contributed by atoms with Crippen molar-refractivity contribution < 1.29 is 19.4 Å². The first-order valence-electron chi connectivity index (χ1n) is 5.02. The molecule has 0 aliphatic heterocycles. The SMILES string of the molecule is COc1c(C(=O)O)ccc(OC(C)C)c1C#N. The van der Waals surface area contributed by atoms with Crippen molar-refractivity contribution in [2.24, 2.45) is 0 Å². The normalized spacial score (nSPS) is 9.82. The molecule has 1 N–H and O–H groups in total. The number of carboxylic acids is 1. The first kappa shape index (κ1) is 12.8. The summed E-state index contributed by atoms with van der Waals surface area (Å²) in [6.45, 7) is 3.64. The lowest BCUT2D eigenvalue weighted by Crippen LogP contribution is -2.09. The molecule has 1 aromatic rings. The number of nitrogens with zero attached hydrogens (tertiary/aromatic N) is 1. The molecule has 0 fully saturated rings. The van der Waals surface area contributed by atoms with E-state index < -0.39 is 5.97 Å². The van der Waals surface area contributed by atoms with Gasteiger partial charge in [-0.25, -0.2) is 4.79 Å². The molecule has 1 rings (SSSR count). The highest BCUT2D eigenvalue weighted by Gasteiger charge is 2.19. The van der Waals surface area contributed by atoms with E-state index in [0.717, 1.165) is 0 Å². The van der Waals surface area contributed by atoms with E-state index >= 15 is 0 Å². The summed E-state index contributed by atoms with van der Waals surface area (Å²) < 4.78 is 10.4. The maximum atomic E-state index is 11.0. The summed E-state index contributed by atoms with van der Waals surface area (Å²) in [5, 5.41) is 18.0. The van der Waals surface area contributed by atoms with Gasteiger partial charge in [0, 0.05) is 0 Å². The minimum Gasteiger partial charge on any atom is -0.494 e. The zero-order chi connectivity index (χ0) is 13.0. The van der Waals surface area contributed by atoms with Crippen LogP contribution < -0.4 is 9.47 Å². The predicted octanol–water partition coefficient (Wildman–Crippen LogP) is 2.05. The summed E-state index contributed by atoms with van der Waals surface area (Å²) in [6, 6.07) is 4.73. The number of hydrogen-bond donors (Lipinski definition) is 1. The number of benzene rings is 1. The summed E-state index contributed by atoms with van der Waals surface area (Å²) in [5.41, 5.74) is 0.0428. The molecule has 0 saturated heterocycles. The molecule has 17 heavy (non-hydrogen) atoms. The quantitative estimate of drug-likeness (QED) is 0.863. The van der Waals surface area contributed by atoms with E-state index in [1.165, 1.54) is 19.2 Å². The van der Waals surface area contributed by atoms with E-state index in [1.54, 1.807) is 0 Å². The largest absolute Gasteiger partial charge is 0.494 e. The lowest BCUT2D eigenvalue weighted by atomic mass is 10.1. The fourth-order valence-corrected chi connectivity index (χ4v) is 1.40. The Labute approximate surface area is 99.2 Å². The summed E-state index contributed by atoms with van der Waals surface area (Å²) in [6.07, 6.45) is -0.109. The van der Waals surface area contributed by atoms with Crippen molar-refractivity contribution in [3.63, 3.8) is 0 Å². The topological polar surface area (TPSA) is 79.6 Å². The van der Waals surface area contributed by atoms with Crippen molar-refractivity contribution in [1.82, 2.24) is 0 Å². The van der Waals surface area contributed by atoms with Gasteiger partial charge in [-0.3, -0.25) is 0 Å². The van der Waals surface area contributed by atoms with E-state index in [0.29, 0.717) is 5.75 Å². The number of hydrogen-bond acceptors (Lipinski definition) is 4. The second-order valence-electron chi connectivity index (χ2n) is 3.60. The third-order valence-corrected chi connectivity index (χ3v) is 2.03. The van der Waals surface area contributed by atoms with Gasteiger partial charge >= 0.3 is 5.97 Å².